The van der Waals surface area contributed by atoms with Gasteiger partial charge in [-0.3, -0.25) is 4.79 Å². The Morgan fingerprint density at radius 2 is 1.84 bits per heavy atom. The molecule has 0 aromatic heterocycles. The molecule has 2 heterocycles. The second kappa shape index (κ2) is 6.86. The second-order valence-electron chi connectivity index (χ2n) is 6.97. The van der Waals surface area contributed by atoms with Crippen molar-refractivity contribution in [2.45, 2.75) is 63.0 Å². The Labute approximate surface area is 145 Å². The van der Waals surface area contributed by atoms with Gasteiger partial charge in [0.15, 0.2) is 6.10 Å². The highest BCUT2D eigenvalue weighted by Crippen LogP contribution is 2.36. The second-order valence-corrected chi connectivity index (χ2v) is 6.97. The lowest BCUT2D eigenvalue weighted by Crippen LogP contribution is -2.51. The van der Waals surface area contributed by atoms with Crippen LogP contribution < -0.4 is 10.1 Å². The Hall–Kier alpha value is -1.76. The fourth-order valence-corrected chi connectivity index (χ4v) is 3.85. The molecule has 4 nitrogen and oxygen atoms in total. The Bertz CT molecular complexity index is 623. The molecule has 0 saturated carbocycles. The minimum atomic E-state index is -4.51. The number of hydrogen-bond acceptors (Lipinski definition) is 3. The molecule has 2 fully saturated rings. The number of ether oxygens (including phenoxy) is 1. The quantitative estimate of drug-likeness (QED) is 0.901. The largest absolute Gasteiger partial charge is 0.480 e. The maximum absolute atomic E-state index is 13.1. The van der Waals surface area contributed by atoms with Gasteiger partial charge in [-0.1, -0.05) is 12.1 Å². The van der Waals surface area contributed by atoms with Gasteiger partial charge in [-0.2, -0.15) is 13.2 Å². The summed E-state index contributed by atoms with van der Waals surface area (Å²) in [6.45, 7) is 1.50. The van der Waals surface area contributed by atoms with Crippen LogP contribution in [0.1, 0.15) is 38.2 Å². The number of alkyl halides is 3. The van der Waals surface area contributed by atoms with Crippen LogP contribution in [0.5, 0.6) is 5.75 Å². The summed E-state index contributed by atoms with van der Waals surface area (Å²) in [5.74, 6) is -0.599. The number of carbonyl (C=O) groups excluding carboxylic acids is 1. The maximum atomic E-state index is 13.1. The van der Waals surface area contributed by atoms with Crippen LogP contribution >= 0.6 is 0 Å². The van der Waals surface area contributed by atoms with Crippen LogP contribution in [-0.2, 0) is 11.0 Å². The van der Waals surface area contributed by atoms with Crippen LogP contribution in [0.2, 0.25) is 0 Å². The smallest absolute Gasteiger partial charge is 0.419 e. The molecule has 25 heavy (non-hydrogen) atoms. The summed E-state index contributed by atoms with van der Waals surface area (Å²) in [7, 11) is 1.72. The third-order valence-electron chi connectivity index (χ3n) is 5.19. The highest BCUT2D eigenvalue weighted by Gasteiger charge is 2.38. The number of halogens is 3. The summed E-state index contributed by atoms with van der Waals surface area (Å²) in [6.07, 6.45) is -1.49. The van der Waals surface area contributed by atoms with E-state index in [9.17, 15) is 18.0 Å². The van der Waals surface area contributed by atoms with Gasteiger partial charge in [0.05, 0.1) is 5.56 Å². The minimum absolute atomic E-state index is 0.107. The molecule has 1 N–H and O–H groups in total. The van der Waals surface area contributed by atoms with Gasteiger partial charge in [-0.05, 0) is 44.7 Å². The number of para-hydroxylation sites is 1. The van der Waals surface area contributed by atoms with Crippen molar-refractivity contribution in [1.82, 2.24) is 10.2 Å². The molecule has 1 amide bonds. The number of benzene rings is 1. The number of nitrogens with one attached hydrogen (secondary N) is 1. The van der Waals surface area contributed by atoms with E-state index in [1.807, 2.05) is 0 Å². The number of hydrogen-bond donors (Lipinski definition) is 1. The molecule has 7 heteroatoms. The van der Waals surface area contributed by atoms with Gasteiger partial charge in [0, 0.05) is 25.2 Å². The Kier molecular flexibility index (Phi) is 4.95. The average Bonchev–Trinajstić information content (AvgIpc) is 2.91. The first kappa shape index (κ1) is 18.0. The van der Waals surface area contributed by atoms with Crippen molar-refractivity contribution in [3.8, 4) is 5.75 Å². The lowest BCUT2D eigenvalue weighted by atomic mass is 9.98. The van der Waals surface area contributed by atoms with Crippen LogP contribution in [-0.4, -0.2) is 42.1 Å². The van der Waals surface area contributed by atoms with Crippen LogP contribution in [0.25, 0.3) is 0 Å². The number of rotatable bonds is 4. The molecule has 2 saturated heterocycles. The first-order chi connectivity index (χ1) is 11.8. The minimum Gasteiger partial charge on any atom is -0.480 e. The SMILES string of the molecule is CC(Oc1ccccc1C(F)(F)F)C(=O)N(C)C1CC2CCC(C1)N2. The van der Waals surface area contributed by atoms with E-state index in [-0.39, 0.29) is 17.7 Å². The summed E-state index contributed by atoms with van der Waals surface area (Å²) >= 11 is 0. The van der Waals surface area contributed by atoms with Crippen molar-refractivity contribution >= 4 is 5.91 Å². The van der Waals surface area contributed by atoms with Crippen molar-refractivity contribution in [3.05, 3.63) is 29.8 Å². The van der Waals surface area contributed by atoms with Crippen LogP contribution in [0.3, 0.4) is 0 Å². The Balaban J connectivity index is 1.67. The number of likely N-dealkylation sites (N-methyl/N-ethyl adjacent to an activating group) is 1. The van der Waals surface area contributed by atoms with E-state index in [1.165, 1.54) is 25.1 Å². The Morgan fingerprint density at radius 1 is 1.24 bits per heavy atom. The van der Waals surface area contributed by atoms with Gasteiger partial charge in [0.1, 0.15) is 5.75 Å². The maximum Gasteiger partial charge on any atom is 0.419 e. The summed E-state index contributed by atoms with van der Waals surface area (Å²) in [5, 5.41) is 3.51. The number of nitrogens with zero attached hydrogens (tertiary/aromatic N) is 1. The average molecular weight is 356 g/mol. The van der Waals surface area contributed by atoms with E-state index in [4.69, 9.17) is 4.74 Å². The molecule has 0 spiro atoms. The lowest BCUT2D eigenvalue weighted by molar-refractivity contribution is -0.144. The molecular formula is C18H23F3N2O2. The van der Waals surface area contributed by atoms with E-state index in [0.717, 1.165) is 31.7 Å². The molecule has 3 rings (SSSR count). The van der Waals surface area contributed by atoms with E-state index < -0.39 is 17.8 Å². The molecule has 3 atom stereocenters. The van der Waals surface area contributed by atoms with Crippen molar-refractivity contribution in [3.63, 3.8) is 0 Å². The molecule has 1 aromatic carbocycles. The molecule has 1 aromatic rings. The number of carbonyl (C=O) groups is 1. The van der Waals surface area contributed by atoms with Gasteiger partial charge < -0.3 is 15.0 Å². The third kappa shape index (κ3) is 3.92. The molecular weight excluding hydrogens is 333 g/mol. The van der Waals surface area contributed by atoms with Crippen LogP contribution in [0.15, 0.2) is 24.3 Å². The molecule has 2 aliphatic rings. The summed E-state index contributed by atoms with van der Waals surface area (Å²) in [6, 6.07) is 5.95. The van der Waals surface area contributed by atoms with E-state index >= 15 is 0 Å². The molecule has 3 unspecified atom stereocenters. The highest BCUT2D eigenvalue weighted by molar-refractivity contribution is 5.81. The van der Waals surface area contributed by atoms with Crippen molar-refractivity contribution in [2.24, 2.45) is 0 Å². The van der Waals surface area contributed by atoms with E-state index in [0.29, 0.717) is 12.1 Å². The third-order valence-corrected chi connectivity index (χ3v) is 5.19. The Morgan fingerprint density at radius 3 is 2.44 bits per heavy atom. The fraction of sp³-hybridized carbons (Fsp3) is 0.611. The first-order valence-corrected chi connectivity index (χ1v) is 8.61. The molecule has 0 radical (unpaired) electrons. The van der Waals surface area contributed by atoms with E-state index in [1.54, 1.807) is 11.9 Å². The number of fused-ring (bicyclic) bond motifs is 2. The molecule has 0 aliphatic carbocycles. The highest BCUT2D eigenvalue weighted by atomic mass is 19.4. The fourth-order valence-electron chi connectivity index (χ4n) is 3.85. The van der Waals surface area contributed by atoms with Gasteiger partial charge in [0.25, 0.3) is 5.91 Å². The predicted molar refractivity (Wildman–Crippen MR) is 87.3 cm³/mol. The zero-order valence-electron chi connectivity index (χ0n) is 14.3. The van der Waals surface area contributed by atoms with Crippen molar-refractivity contribution in [2.75, 3.05) is 7.05 Å². The van der Waals surface area contributed by atoms with Crippen molar-refractivity contribution in [1.29, 1.82) is 0 Å². The van der Waals surface area contributed by atoms with Crippen LogP contribution in [0, 0.1) is 0 Å². The molecule has 2 aliphatic heterocycles. The molecule has 2 bridgehead atoms. The van der Waals surface area contributed by atoms with Crippen molar-refractivity contribution < 1.29 is 22.7 Å². The normalized spacial score (nSPS) is 27.0. The molecule has 138 valence electrons. The van der Waals surface area contributed by atoms with E-state index in [2.05, 4.69) is 5.32 Å². The number of piperidine rings is 1. The predicted octanol–water partition coefficient (Wildman–Crippen LogP) is 3.21. The van der Waals surface area contributed by atoms with Crippen LogP contribution in [0.4, 0.5) is 13.2 Å². The summed E-state index contributed by atoms with van der Waals surface area (Å²) in [5.41, 5.74) is -0.864. The zero-order valence-corrected chi connectivity index (χ0v) is 14.3. The first-order valence-electron chi connectivity index (χ1n) is 8.61. The monoisotopic (exact) mass is 356 g/mol. The topological polar surface area (TPSA) is 41.6 Å². The zero-order chi connectivity index (χ0) is 18.2. The lowest BCUT2D eigenvalue weighted by Gasteiger charge is -2.36. The van der Waals surface area contributed by atoms with Gasteiger partial charge in [0.2, 0.25) is 0 Å². The standard InChI is InChI=1S/C18H23F3N2O2/c1-11(25-16-6-4-3-5-15(16)18(19,20)21)17(24)23(2)14-9-12-7-8-13(10-14)22-12/h3-6,11-14,22H,7-10H2,1-2H3. The van der Waals surface area contributed by atoms with Gasteiger partial charge in [-0.15, -0.1) is 0 Å². The van der Waals surface area contributed by atoms with Gasteiger partial charge >= 0.3 is 6.18 Å². The summed E-state index contributed by atoms with van der Waals surface area (Å²) in [4.78, 5) is 14.3. The number of amides is 1. The summed E-state index contributed by atoms with van der Waals surface area (Å²) < 4.78 is 44.6. The van der Waals surface area contributed by atoms with Gasteiger partial charge in [-0.25, -0.2) is 0 Å².